The molecule has 0 bridgehead atoms. The van der Waals surface area contributed by atoms with Crippen molar-refractivity contribution in [3.8, 4) is 11.6 Å². The van der Waals surface area contributed by atoms with Crippen molar-refractivity contribution in [3.63, 3.8) is 0 Å². The summed E-state index contributed by atoms with van der Waals surface area (Å²) in [4.78, 5) is 21.9. The Morgan fingerprint density at radius 2 is 1.65 bits per heavy atom. The second kappa shape index (κ2) is 9.87. The Labute approximate surface area is 197 Å². The number of nitrogens with one attached hydrogen (secondary N) is 2. The van der Waals surface area contributed by atoms with Crippen molar-refractivity contribution in [2.75, 3.05) is 5.32 Å². The molecule has 0 spiro atoms. The predicted molar refractivity (Wildman–Crippen MR) is 130 cm³/mol. The van der Waals surface area contributed by atoms with Crippen molar-refractivity contribution in [3.05, 3.63) is 90.4 Å². The third-order valence-electron chi connectivity index (χ3n) is 6.06. The van der Waals surface area contributed by atoms with Crippen LogP contribution < -0.4 is 15.4 Å². The van der Waals surface area contributed by atoms with E-state index in [1.165, 1.54) is 24.3 Å². The quantitative estimate of drug-likeness (QED) is 0.388. The summed E-state index contributed by atoms with van der Waals surface area (Å²) in [5.41, 5.74) is 1.33. The number of hydrogen-bond donors (Lipinski definition) is 2. The molecular weight excluding hydrogens is 431 g/mol. The molecule has 7 heteroatoms. The Morgan fingerprint density at radius 3 is 2.47 bits per heavy atom. The summed E-state index contributed by atoms with van der Waals surface area (Å²) in [6.07, 6.45) is 5.17. The van der Waals surface area contributed by atoms with Gasteiger partial charge in [-0.1, -0.05) is 18.2 Å². The molecule has 2 aromatic heterocycles. The Kier molecular flexibility index (Phi) is 6.33. The van der Waals surface area contributed by atoms with E-state index in [9.17, 15) is 9.18 Å². The maximum Gasteiger partial charge on any atom is 0.257 e. The number of carbonyl (C=O) groups is 1. The number of para-hydroxylation sites is 1. The van der Waals surface area contributed by atoms with Crippen LogP contribution in [0, 0.1) is 5.82 Å². The van der Waals surface area contributed by atoms with E-state index in [0.29, 0.717) is 17.4 Å². The third-order valence-corrected chi connectivity index (χ3v) is 6.06. The summed E-state index contributed by atoms with van der Waals surface area (Å²) < 4.78 is 18.9. The number of carbonyl (C=O) groups excluding carboxylic acids is 1. The van der Waals surface area contributed by atoms with Crippen molar-refractivity contribution < 1.29 is 13.9 Å². The molecule has 6 nitrogen and oxygen atoms in total. The Morgan fingerprint density at radius 1 is 0.882 bits per heavy atom. The summed E-state index contributed by atoms with van der Waals surface area (Å²) in [7, 11) is 0. The Bertz CT molecular complexity index is 1290. The second-order valence-electron chi connectivity index (χ2n) is 8.47. The van der Waals surface area contributed by atoms with Crippen molar-refractivity contribution in [1.82, 2.24) is 15.3 Å². The summed E-state index contributed by atoms with van der Waals surface area (Å²) in [5, 5.41) is 7.78. The first kappa shape index (κ1) is 21.8. The Hall–Kier alpha value is -4.00. The number of ether oxygens (including phenoxy) is 1. The molecule has 0 radical (unpaired) electrons. The minimum Gasteiger partial charge on any atom is -0.438 e. The minimum absolute atomic E-state index is 0.0778. The summed E-state index contributed by atoms with van der Waals surface area (Å²) in [5.74, 6) is 0.919. The van der Waals surface area contributed by atoms with E-state index in [1.807, 2.05) is 24.3 Å². The average molecular weight is 457 g/mol. The van der Waals surface area contributed by atoms with Crippen LogP contribution in [0.5, 0.6) is 11.6 Å². The first-order chi connectivity index (χ1) is 16.6. The van der Waals surface area contributed by atoms with Gasteiger partial charge in [-0.3, -0.25) is 4.79 Å². The van der Waals surface area contributed by atoms with E-state index in [0.717, 1.165) is 42.4 Å². The van der Waals surface area contributed by atoms with Gasteiger partial charge < -0.3 is 15.4 Å². The van der Waals surface area contributed by atoms with Gasteiger partial charge in [-0.2, -0.15) is 0 Å². The molecule has 0 unspecified atom stereocenters. The molecule has 2 aromatic carbocycles. The highest BCUT2D eigenvalue weighted by molar-refractivity contribution is 5.96. The molecule has 0 aliphatic heterocycles. The molecule has 34 heavy (non-hydrogen) atoms. The zero-order valence-electron chi connectivity index (χ0n) is 18.6. The summed E-state index contributed by atoms with van der Waals surface area (Å²) in [6.45, 7) is 0. The van der Waals surface area contributed by atoms with E-state index < -0.39 is 0 Å². The van der Waals surface area contributed by atoms with E-state index >= 15 is 0 Å². The smallest absolute Gasteiger partial charge is 0.257 e. The highest BCUT2D eigenvalue weighted by Gasteiger charge is 2.24. The molecule has 0 atom stereocenters. The average Bonchev–Trinajstić information content (AvgIpc) is 2.87. The zero-order valence-corrected chi connectivity index (χ0v) is 18.6. The highest BCUT2D eigenvalue weighted by atomic mass is 19.1. The maximum atomic E-state index is 13.2. The first-order valence-corrected chi connectivity index (χ1v) is 11.5. The lowest BCUT2D eigenvalue weighted by Crippen LogP contribution is -2.40. The van der Waals surface area contributed by atoms with E-state index in [-0.39, 0.29) is 23.6 Å². The van der Waals surface area contributed by atoms with Crippen LogP contribution in [-0.2, 0) is 0 Å². The van der Waals surface area contributed by atoms with Crippen LogP contribution in [0.4, 0.5) is 10.2 Å². The molecule has 1 amide bonds. The molecule has 2 N–H and O–H groups in total. The first-order valence-electron chi connectivity index (χ1n) is 11.5. The van der Waals surface area contributed by atoms with Crippen molar-refractivity contribution in [1.29, 1.82) is 0 Å². The number of amides is 1. The van der Waals surface area contributed by atoms with Gasteiger partial charge >= 0.3 is 0 Å². The van der Waals surface area contributed by atoms with Gasteiger partial charge in [0.05, 0.1) is 5.52 Å². The zero-order chi connectivity index (χ0) is 23.3. The molecular formula is C27H25FN4O2. The van der Waals surface area contributed by atoms with Crippen LogP contribution >= 0.6 is 0 Å². The van der Waals surface area contributed by atoms with Crippen molar-refractivity contribution in [2.24, 2.45) is 0 Å². The van der Waals surface area contributed by atoms with Crippen LogP contribution in [0.2, 0.25) is 0 Å². The number of rotatable bonds is 6. The minimum atomic E-state index is -0.354. The van der Waals surface area contributed by atoms with E-state index in [1.54, 1.807) is 18.3 Å². The van der Waals surface area contributed by atoms with Crippen molar-refractivity contribution >= 4 is 22.6 Å². The number of nitrogens with zero attached hydrogens (tertiary/aromatic N) is 2. The highest BCUT2D eigenvalue weighted by Crippen LogP contribution is 2.26. The van der Waals surface area contributed by atoms with Gasteiger partial charge in [0, 0.05) is 23.7 Å². The molecule has 1 fully saturated rings. The van der Waals surface area contributed by atoms with Gasteiger partial charge in [0.1, 0.15) is 22.9 Å². The Balaban J connectivity index is 1.17. The number of anilines is 1. The summed E-state index contributed by atoms with van der Waals surface area (Å²) >= 11 is 0. The molecule has 1 saturated carbocycles. The van der Waals surface area contributed by atoms with Crippen LogP contribution in [0.3, 0.4) is 0 Å². The molecule has 2 heterocycles. The molecule has 172 valence electrons. The monoisotopic (exact) mass is 456 g/mol. The van der Waals surface area contributed by atoms with E-state index in [4.69, 9.17) is 9.72 Å². The molecule has 4 aromatic rings. The van der Waals surface area contributed by atoms with Crippen LogP contribution in [0.1, 0.15) is 36.0 Å². The molecule has 0 saturated heterocycles. The van der Waals surface area contributed by atoms with Gasteiger partial charge in [-0.15, -0.1) is 0 Å². The van der Waals surface area contributed by atoms with Gasteiger partial charge in [0.25, 0.3) is 5.91 Å². The standard InChI is InChI=1S/C27H25FN4O2/c28-19-8-14-22(15-9-19)34-27-23(5-3-17-29-27)26(33)31-21-12-10-20(11-13-21)30-25-16-7-18-4-1-2-6-24(18)32-25/h1-9,14-17,20-21H,10-13H2,(H,30,32)(H,31,33). The van der Waals surface area contributed by atoms with Gasteiger partial charge in [-0.25, -0.2) is 14.4 Å². The number of hydrogen-bond acceptors (Lipinski definition) is 5. The van der Waals surface area contributed by atoms with Crippen LogP contribution in [0.25, 0.3) is 10.9 Å². The largest absolute Gasteiger partial charge is 0.438 e. The van der Waals surface area contributed by atoms with Crippen molar-refractivity contribution in [2.45, 2.75) is 37.8 Å². The molecule has 5 rings (SSSR count). The fourth-order valence-electron chi connectivity index (χ4n) is 4.26. The van der Waals surface area contributed by atoms with Gasteiger partial charge in [-0.05, 0) is 80.3 Å². The lowest BCUT2D eigenvalue weighted by Gasteiger charge is -2.30. The van der Waals surface area contributed by atoms with E-state index in [2.05, 4.69) is 27.8 Å². The number of aromatic nitrogens is 2. The number of pyridine rings is 2. The van der Waals surface area contributed by atoms with Gasteiger partial charge in [0.15, 0.2) is 0 Å². The van der Waals surface area contributed by atoms with Crippen LogP contribution in [-0.4, -0.2) is 28.0 Å². The summed E-state index contributed by atoms with van der Waals surface area (Å²) in [6, 6.07) is 21.6. The number of halogens is 1. The number of fused-ring (bicyclic) bond motifs is 1. The fourth-order valence-corrected chi connectivity index (χ4v) is 4.26. The SMILES string of the molecule is O=C(NC1CCC(Nc2ccc3ccccc3n2)CC1)c1cccnc1Oc1ccc(F)cc1. The normalized spacial score (nSPS) is 17.8. The topological polar surface area (TPSA) is 76.1 Å². The number of benzene rings is 2. The fraction of sp³-hybridized carbons (Fsp3) is 0.222. The predicted octanol–water partition coefficient (Wildman–Crippen LogP) is 5.71. The lowest BCUT2D eigenvalue weighted by atomic mass is 9.91. The molecule has 1 aliphatic rings. The lowest BCUT2D eigenvalue weighted by molar-refractivity contribution is 0.0923. The third kappa shape index (κ3) is 5.14. The van der Waals surface area contributed by atoms with Crippen LogP contribution in [0.15, 0.2) is 79.0 Å². The second-order valence-corrected chi connectivity index (χ2v) is 8.47. The molecule has 1 aliphatic carbocycles. The maximum absolute atomic E-state index is 13.2. The van der Waals surface area contributed by atoms with Gasteiger partial charge in [0.2, 0.25) is 5.88 Å².